The summed E-state index contributed by atoms with van der Waals surface area (Å²) < 4.78 is 53.6. The molecule has 2 aromatic rings. The molecule has 3 aliphatic rings. The number of rotatable bonds is 5. The van der Waals surface area contributed by atoms with E-state index in [2.05, 4.69) is 20.2 Å². The number of piperazine rings is 1. The number of carbonyl (C=O) groups excluding carboxylic acids is 1. The van der Waals surface area contributed by atoms with Gasteiger partial charge in [-0.3, -0.25) is 14.9 Å². The molecule has 0 aliphatic carbocycles. The number of aliphatic imine (C=N–C) groups is 1. The van der Waals surface area contributed by atoms with Gasteiger partial charge in [-0.05, 0) is 27.8 Å². The Balaban J connectivity index is 1.53. The van der Waals surface area contributed by atoms with Crippen LogP contribution in [0.4, 0.5) is 29.7 Å². The largest absolute Gasteiger partial charge is 0.444 e. The number of nitrogens with one attached hydrogen (secondary N) is 1. The molecule has 12 nitrogen and oxygen atoms in total. The molecule has 1 amide bonds. The highest BCUT2D eigenvalue weighted by Gasteiger charge is 2.34. The standard InChI is InChI=1S/C26H36F3N9O3/c1-25(2,3)41-24(39)31-18-6-5-17(15-30-18)20-33-21(36-11-13-40-14-12-36)19-22(34-20)38(16-26(27,28)29)23(32-19)37-9-7-35(4)8-10-37/h5,15,18H,6-14,16H2,1-4H3,(H,31,39). The van der Waals surface area contributed by atoms with Gasteiger partial charge in [-0.25, -0.2) is 19.7 Å². The SMILES string of the molecule is CN1CCN(c2nc3c(N4CCOCC4)nc(C4=CCC(NC(=O)OC(C)(C)C)N=C4)nc3n2CC(F)(F)F)CC1. The number of amides is 1. The highest BCUT2D eigenvalue weighted by molar-refractivity contribution is 6.09. The van der Waals surface area contributed by atoms with Gasteiger partial charge in [-0.1, -0.05) is 6.08 Å². The van der Waals surface area contributed by atoms with Crippen LogP contribution in [0, 0.1) is 0 Å². The molecule has 224 valence electrons. The number of aromatic nitrogens is 4. The Bertz CT molecular complexity index is 1320. The maximum Gasteiger partial charge on any atom is 0.409 e. The average molecular weight is 580 g/mol. The van der Waals surface area contributed by atoms with Crippen LogP contribution in [0.5, 0.6) is 0 Å². The Labute approximate surface area is 236 Å². The van der Waals surface area contributed by atoms with Gasteiger partial charge in [0.1, 0.15) is 18.3 Å². The van der Waals surface area contributed by atoms with Crippen molar-refractivity contribution in [3.05, 3.63) is 11.9 Å². The molecule has 2 saturated heterocycles. The number of hydrogen-bond donors (Lipinski definition) is 1. The molecular weight excluding hydrogens is 543 g/mol. The van der Waals surface area contributed by atoms with Crippen LogP contribution in [-0.2, 0) is 16.0 Å². The molecule has 1 N–H and O–H groups in total. The second-order valence-electron chi connectivity index (χ2n) is 11.4. The molecule has 2 fully saturated rings. The summed E-state index contributed by atoms with van der Waals surface area (Å²) in [6, 6.07) is 0. The lowest BCUT2D eigenvalue weighted by atomic mass is 10.1. The number of morpholine rings is 1. The minimum absolute atomic E-state index is 0.117. The second kappa shape index (κ2) is 11.4. The molecule has 0 aromatic carbocycles. The average Bonchev–Trinajstić information content (AvgIpc) is 3.25. The third-order valence-electron chi connectivity index (χ3n) is 6.89. The normalized spacial score (nSPS) is 20.9. The number of anilines is 2. The first-order valence-electron chi connectivity index (χ1n) is 13.7. The van der Waals surface area contributed by atoms with Gasteiger partial charge >= 0.3 is 12.3 Å². The van der Waals surface area contributed by atoms with Crippen LogP contribution in [0.3, 0.4) is 0 Å². The minimum atomic E-state index is -4.48. The van der Waals surface area contributed by atoms with E-state index in [4.69, 9.17) is 19.4 Å². The zero-order valence-electron chi connectivity index (χ0n) is 23.7. The maximum atomic E-state index is 13.9. The van der Waals surface area contributed by atoms with Crippen molar-refractivity contribution >= 4 is 40.8 Å². The number of nitrogens with zero attached hydrogens (tertiary/aromatic N) is 8. The first kappa shape index (κ1) is 29.0. The van der Waals surface area contributed by atoms with Crippen LogP contribution in [0.2, 0.25) is 0 Å². The Morgan fingerprint density at radius 2 is 1.76 bits per heavy atom. The number of halogens is 3. The molecule has 5 heterocycles. The summed E-state index contributed by atoms with van der Waals surface area (Å²) in [7, 11) is 1.98. The fourth-order valence-electron chi connectivity index (χ4n) is 4.88. The van der Waals surface area contributed by atoms with E-state index in [1.54, 1.807) is 20.8 Å². The molecule has 15 heteroatoms. The highest BCUT2D eigenvalue weighted by Crippen LogP contribution is 2.33. The topological polar surface area (TPSA) is 113 Å². The Morgan fingerprint density at radius 3 is 2.37 bits per heavy atom. The lowest BCUT2D eigenvalue weighted by Gasteiger charge is -2.33. The summed E-state index contributed by atoms with van der Waals surface area (Å²) >= 11 is 0. The van der Waals surface area contributed by atoms with E-state index >= 15 is 0 Å². The Morgan fingerprint density at radius 1 is 1.05 bits per heavy atom. The van der Waals surface area contributed by atoms with Gasteiger partial charge in [0, 0.05) is 57.5 Å². The molecule has 1 atom stereocenters. The summed E-state index contributed by atoms with van der Waals surface area (Å²) in [6.07, 6.45) is -1.93. The predicted molar refractivity (Wildman–Crippen MR) is 148 cm³/mol. The first-order valence-corrected chi connectivity index (χ1v) is 13.7. The smallest absolute Gasteiger partial charge is 0.409 e. The zero-order valence-corrected chi connectivity index (χ0v) is 23.7. The highest BCUT2D eigenvalue weighted by atomic mass is 19.4. The van der Waals surface area contributed by atoms with Crippen molar-refractivity contribution in [1.29, 1.82) is 0 Å². The fourth-order valence-corrected chi connectivity index (χ4v) is 4.88. The third kappa shape index (κ3) is 7.07. The van der Waals surface area contributed by atoms with Crippen molar-refractivity contribution < 1.29 is 27.4 Å². The third-order valence-corrected chi connectivity index (χ3v) is 6.89. The number of ether oxygens (including phenoxy) is 2. The van der Waals surface area contributed by atoms with Crippen LogP contribution in [-0.4, -0.2) is 114 Å². The van der Waals surface area contributed by atoms with Crippen LogP contribution in [0.1, 0.15) is 33.0 Å². The van der Waals surface area contributed by atoms with Crippen molar-refractivity contribution in [2.45, 2.75) is 51.7 Å². The van der Waals surface area contributed by atoms with E-state index in [0.29, 0.717) is 75.8 Å². The van der Waals surface area contributed by atoms with E-state index in [0.717, 1.165) is 4.57 Å². The van der Waals surface area contributed by atoms with E-state index < -0.39 is 30.6 Å². The van der Waals surface area contributed by atoms with Gasteiger partial charge < -0.3 is 24.2 Å². The number of likely N-dealkylation sites (N-methyl/N-ethyl adjacent to an activating group) is 1. The van der Waals surface area contributed by atoms with Gasteiger partial charge in [0.15, 0.2) is 22.8 Å². The van der Waals surface area contributed by atoms with Gasteiger partial charge in [-0.15, -0.1) is 0 Å². The lowest BCUT2D eigenvalue weighted by molar-refractivity contribution is -0.139. The number of dihydropyridines is 1. The summed E-state index contributed by atoms with van der Waals surface area (Å²) in [6.45, 7) is 8.60. The molecule has 41 heavy (non-hydrogen) atoms. The van der Waals surface area contributed by atoms with Gasteiger partial charge in [0.05, 0.1) is 13.2 Å². The van der Waals surface area contributed by atoms with E-state index in [9.17, 15) is 18.0 Å². The Hall–Kier alpha value is -3.46. The van der Waals surface area contributed by atoms with E-state index in [-0.39, 0.29) is 17.4 Å². The maximum absolute atomic E-state index is 13.9. The number of fused-ring (bicyclic) bond motifs is 1. The van der Waals surface area contributed by atoms with E-state index in [1.165, 1.54) is 6.21 Å². The Kier molecular flexibility index (Phi) is 8.10. The second-order valence-corrected chi connectivity index (χ2v) is 11.4. The van der Waals surface area contributed by atoms with Crippen molar-refractivity contribution in [2.75, 3.05) is 69.3 Å². The summed E-state index contributed by atoms with van der Waals surface area (Å²) in [4.78, 5) is 36.7. The molecule has 0 saturated carbocycles. The molecule has 0 spiro atoms. The van der Waals surface area contributed by atoms with Crippen molar-refractivity contribution in [1.82, 2.24) is 29.7 Å². The number of allylic oxidation sites excluding steroid dienone is 1. The van der Waals surface area contributed by atoms with Crippen LogP contribution in [0.15, 0.2) is 11.1 Å². The zero-order chi connectivity index (χ0) is 29.4. The molecule has 5 rings (SSSR count). The summed E-state index contributed by atoms with van der Waals surface area (Å²) in [5.74, 6) is 0.943. The quantitative estimate of drug-likeness (QED) is 0.571. The first-order chi connectivity index (χ1) is 19.4. The fraction of sp³-hybridized carbons (Fsp3) is 0.654. The molecule has 2 aromatic heterocycles. The van der Waals surface area contributed by atoms with Crippen LogP contribution < -0.4 is 15.1 Å². The van der Waals surface area contributed by atoms with Crippen LogP contribution in [0.25, 0.3) is 16.7 Å². The van der Waals surface area contributed by atoms with Gasteiger partial charge in [0.2, 0.25) is 5.95 Å². The van der Waals surface area contributed by atoms with E-state index in [1.807, 2.05) is 22.9 Å². The van der Waals surface area contributed by atoms with Crippen LogP contribution >= 0.6 is 0 Å². The van der Waals surface area contributed by atoms with Crippen molar-refractivity contribution in [3.63, 3.8) is 0 Å². The summed E-state index contributed by atoms with van der Waals surface area (Å²) in [5.41, 5.74) is 0.340. The molecule has 0 radical (unpaired) electrons. The number of imidazole rings is 1. The number of alkyl carbamates (subject to hydrolysis) is 1. The number of alkyl halides is 3. The predicted octanol–water partition coefficient (Wildman–Crippen LogP) is 2.69. The van der Waals surface area contributed by atoms with Gasteiger partial charge in [0.25, 0.3) is 0 Å². The monoisotopic (exact) mass is 579 g/mol. The molecule has 1 unspecified atom stereocenters. The van der Waals surface area contributed by atoms with Crippen molar-refractivity contribution in [2.24, 2.45) is 4.99 Å². The van der Waals surface area contributed by atoms with Crippen molar-refractivity contribution in [3.8, 4) is 0 Å². The summed E-state index contributed by atoms with van der Waals surface area (Å²) in [5, 5.41) is 2.70. The number of carbonyl (C=O) groups is 1. The molecular formula is C26H36F3N9O3. The van der Waals surface area contributed by atoms with Gasteiger partial charge in [-0.2, -0.15) is 13.2 Å². The molecule has 0 bridgehead atoms. The minimum Gasteiger partial charge on any atom is -0.444 e. The molecule has 3 aliphatic heterocycles. The lowest BCUT2D eigenvalue weighted by Crippen LogP contribution is -2.45. The number of hydrogen-bond acceptors (Lipinski definition) is 10.